The van der Waals surface area contributed by atoms with Gasteiger partial charge in [0.1, 0.15) is 0 Å². The van der Waals surface area contributed by atoms with Gasteiger partial charge in [-0.25, -0.2) is 0 Å². The highest BCUT2D eigenvalue weighted by Gasteiger charge is 1.86. The summed E-state index contributed by atoms with van der Waals surface area (Å²) in [6, 6.07) is 7.30. The quantitative estimate of drug-likeness (QED) is 0.711. The average molecular weight is 226 g/mol. The van der Waals surface area contributed by atoms with E-state index in [-0.39, 0.29) is 0 Å². The van der Waals surface area contributed by atoms with Crippen LogP contribution >= 0.6 is 15.9 Å². The van der Waals surface area contributed by atoms with Crippen molar-refractivity contribution in [1.82, 2.24) is 0 Å². The second-order valence-corrected chi connectivity index (χ2v) is 3.12. The first-order chi connectivity index (χ1) is 5.68. The highest BCUT2D eigenvalue weighted by atomic mass is 79.9. The molecular formula is C9H6BrO2-. The summed E-state index contributed by atoms with van der Waals surface area (Å²) >= 11 is 3.27. The van der Waals surface area contributed by atoms with Gasteiger partial charge in [-0.05, 0) is 23.8 Å². The number of hydrogen-bond acceptors (Lipinski definition) is 2. The maximum atomic E-state index is 10.0. The Kier molecular flexibility index (Phi) is 3.05. The minimum absolute atomic E-state index is 0.836. The first kappa shape index (κ1) is 9.00. The average Bonchev–Trinajstić information content (AvgIpc) is 2.03. The Morgan fingerprint density at radius 2 is 1.92 bits per heavy atom. The van der Waals surface area contributed by atoms with Gasteiger partial charge in [0.05, 0.1) is 5.97 Å². The molecule has 0 saturated carbocycles. The Morgan fingerprint density at radius 3 is 2.42 bits per heavy atom. The molecule has 3 heteroatoms. The molecule has 12 heavy (non-hydrogen) atoms. The SMILES string of the molecule is O=C([O-])/C=C/c1ccc(Br)cc1. The van der Waals surface area contributed by atoms with Crippen LogP contribution in [0.25, 0.3) is 6.08 Å². The van der Waals surface area contributed by atoms with Crippen molar-refractivity contribution in [3.05, 3.63) is 40.4 Å². The van der Waals surface area contributed by atoms with Gasteiger partial charge in [0.2, 0.25) is 0 Å². The van der Waals surface area contributed by atoms with Gasteiger partial charge in [-0.3, -0.25) is 0 Å². The summed E-state index contributed by atoms with van der Waals surface area (Å²) in [5.41, 5.74) is 0.836. The first-order valence-corrected chi connectivity index (χ1v) is 4.12. The number of rotatable bonds is 2. The van der Waals surface area contributed by atoms with Crippen molar-refractivity contribution >= 4 is 28.0 Å². The van der Waals surface area contributed by atoms with Gasteiger partial charge in [0, 0.05) is 4.47 Å². The van der Waals surface area contributed by atoms with Crippen molar-refractivity contribution in [3.8, 4) is 0 Å². The number of carboxylic acid groups (broad SMARTS) is 1. The lowest BCUT2D eigenvalue weighted by atomic mass is 10.2. The zero-order chi connectivity index (χ0) is 8.97. The van der Waals surface area contributed by atoms with Gasteiger partial charge >= 0.3 is 0 Å². The lowest BCUT2D eigenvalue weighted by Crippen LogP contribution is -2.18. The van der Waals surface area contributed by atoms with Crippen LogP contribution in [0.4, 0.5) is 0 Å². The van der Waals surface area contributed by atoms with Crippen LogP contribution in [0, 0.1) is 0 Å². The van der Waals surface area contributed by atoms with Gasteiger partial charge in [-0.2, -0.15) is 0 Å². The number of halogens is 1. The Labute approximate surface area is 78.7 Å². The van der Waals surface area contributed by atoms with Crippen LogP contribution in [-0.4, -0.2) is 5.97 Å². The molecule has 0 amide bonds. The normalized spacial score (nSPS) is 10.4. The maximum Gasteiger partial charge on any atom is 0.0643 e. The predicted molar refractivity (Wildman–Crippen MR) is 48.2 cm³/mol. The van der Waals surface area contributed by atoms with Crippen molar-refractivity contribution in [2.75, 3.05) is 0 Å². The third-order valence-electron chi connectivity index (χ3n) is 1.28. The van der Waals surface area contributed by atoms with Gasteiger partial charge in [0.25, 0.3) is 0 Å². The van der Waals surface area contributed by atoms with E-state index in [2.05, 4.69) is 15.9 Å². The van der Waals surface area contributed by atoms with Crippen LogP contribution in [0.15, 0.2) is 34.8 Å². The third kappa shape index (κ3) is 2.88. The van der Waals surface area contributed by atoms with Crippen LogP contribution < -0.4 is 5.11 Å². The molecule has 0 heterocycles. The first-order valence-electron chi connectivity index (χ1n) is 3.33. The molecule has 0 fully saturated rings. The van der Waals surface area contributed by atoms with E-state index in [9.17, 15) is 9.90 Å². The molecule has 0 N–H and O–H groups in total. The number of hydrogen-bond donors (Lipinski definition) is 0. The van der Waals surface area contributed by atoms with E-state index < -0.39 is 5.97 Å². The van der Waals surface area contributed by atoms with Crippen LogP contribution in [0.3, 0.4) is 0 Å². The summed E-state index contributed by atoms with van der Waals surface area (Å²) in [7, 11) is 0. The minimum atomic E-state index is -1.18. The van der Waals surface area contributed by atoms with Crippen molar-refractivity contribution in [2.45, 2.75) is 0 Å². The molecule has 0 aliphatic heterocycles. The zero-order valence-electron chi connectivity index (χ0n) is 6.16. The zero-order valence-corrected chi connectivity index (χ0v) is 7.74. The number of aliphatic carboxylic acids is 1. The fourth-order valence-corrected chi connectivity index (χ4v) is 1.00. The van der Waals surface area contributed by atoms with E-state index in [1.54, 1.807) is 0 Å². The molecule has 0 aliphatic carbocycles. The molecule has 0 bridgehead atoms. The van der Waals surface area contributed by atoms with E-state index in [0.29, 0.717) is 0 Å². The Bertz CT molecular complexity index is 301. The summed E-state index contributed by atoms with van der Waals surface area (Å²) in [5, 5.41) is 10.0. The molecule has 2 nitrogen and oxygen atoms in total. The highest BCUT2D eigenvalue weighted by Crippen LogP contribution is 2.11. The number of benzene rings is 1. The van der Waals surface area contributed by atoms with Crippen LogP contribution in [0.5, 0.6) is 0 Å². The topological polar surface area (TPSA) is 40.1 Å². The third-order valence-corrected chi connectivity index (χ3v) is 1.81. The molecule has 1 aromatic carbocycles. The maximum absolute atomic E-state index is 10.0. The van der Waals surface area contributed by atoms with Crippen molar-refractivity contribution < 1.29 is 9.90 Å². The molecular weight excluding hydrogens is 220 g/mol. The smallest absolute Gasteiger partial charge is 0.0643 e. The monoisotopic (exact) mass is 225 g/mol. The van der Waals surface area contributed by atoms with E-state index >= 15 is 0 Å². The fraction of sp³-hybridized carbons (Fsp3) is 0. The standard InChI is InChI=1S/C9H7BrO2/c10-8-4-1-7(2-5-8)3-6-9(11)12/h1-6H,(H,11,12)/p-1/b6-3+. The molecule has 0 unspecified atom stereocenters. The van der Waals surface area contributed by atoms with Gasteiger partial charge in [-0.1, -0.05) is 34.1 Å². The van der Waals surface area contributed by atoms with Gasteiger partial charge in [0.15, 0.2) is 0 Å². The van der Waals surface area contributed by atoms with Gasteiger partial charge < -0.3 is 9.90 Å². The van der Waals surface area contributed by atoms with E-state index in [1.807, 2.05) is 24.3 Å². The molecule has 0 saturated heterocycles. The Hall–Kier alpha value is -1.09. The Balaban J connectivity index is 2.77. The van der Waals surface area contributed by atoms with Gasteiger partial charge in [-0.15, -0.1) is 0 Å². The molecule has 1 aromatic rings. The molecule has 0 radical (unpaired) electrons. The summed E-state index contributed by atoms with van der Waals surface area (Å²) in [4.78, 5) is 10.0. The lowest BCUT2D eigenvalue weighted by molar-refractivity contribution is -0.297. The van der Waals surface area contributed by atoms with Crippen LogP contribution in [-0.2, 0) is 4.79 Å². The molecule has 0 aromatic heterocycles. The van der Waals surface area contributed by atoms with Crippen molar-refractivity contribution in [3.63, 3.8) is 0 Å². The molecule has 1 rings (SSSR count). The van der Waals surface area contributed by atoms with E-state index in [4.69, 9.17) is 0 Å². The second-order valence-electron chi connectivity index (χ2n) is 2.20. The highest BCUT2D eigenvalue weighted by molar-refractivity contribution is 9.10. The Morgan fingerprint density at radius 1 is 1.33 bits per heavy atom. The summed E-state index contributed by atoms with van der Waals surface area (Å²) < 4.78 is 0.966. The fourth-order valence-electron chi connectivity index (χ4n) is 0.738. The minimum Gasteiger partial charge on any atom is -0.545 e. The predicted octanol–water partition coefficient (Wildman–Crippen LogP) is 1.21. The molecule has 62 valence electrons. The van der Waals surface area contributed by atoms with Crippen molar-refractivity contribution in [2.24, 2.45) is 0 Å². The number of carbonyl (C=O) groups is 1. The summed E-state index contributed by atoms with van der Waals surface area (Å²) in [6.07, 6.45) is 2.49. The summed E-state index contributed by atoms with van der Waals surface area (Å²) in [6.45, 7) is 0. The van der Waals surface area contributed by atoms with E-state index in [1.165, 1.54) is 6.08 Å². The number of carbonyl (C=O) groups excluding carboxylic acids is 1. The lowest BCUT2D eigenvalue weighted by Gasteiger charge is -1.94. The molecule has 0 spiro atoms. The second kappa shape index (κ2) is 4.07. The van der Waals surface area contributed by atoms with Crippen LogP contribution in [0.2, 0.25) is 0 Å². The molecule has 0 aliphatic rings. The van der Waals surface area contributed by atoms with Crippen LogP contribution in [0.1, 0.15) is 5.56 Å². The molecule has 0 atom stereocenters. The van der Waals surface area contributed by atoms with E-state index in [0.717, 1.165) is 16.1 Å². The van der Waals surface area contributed by atoms with Crippen molar-refractivity contribution in [1.29, 1.82) is 0 Å². The summed E-state index contributed by atoms with van der Waals surface area (Å²) in [5.74, 6) is -1.18. The number of carboxylic acids is 1. The largest absolute Gasteiger partial charge is 0.545 e.